The van der Waals surface area contributed by atoms with Crippen LogP contribution in [0.1, 0.15) is 33.1 Å². The lowest BCUT2D eigenvalue weighted by Gasteiger charge is -2.21. The zero-order valence-corrected chi connectivity index (χ0v) is 14.6. The van der Waals surface area contributed by atoms with Gasteiger partial charge >= 0.3 is 6.18 Å². The Kier molecular flexibility index (Phi) is 5.49. The quantitative estimate of drug-likeness (QED) is 0.636. The van der Waals surface area contributed by atoms with Crippen molar-refractivity contribution >= 4 is 5.91 Å². The van der Waals surface area contributed by atoms with Crippen LogP contribution in [0.4, 0.5) is 22.0 Å². The molecule has 1 amide bonds. The first-order valence-electron chi connectivity index (χ1n) is 8.27. The van der Waals surface area contributed by atoms with Gasteiger partial charge in [-0.1, -0.05) is 18.2 Å². The highest BCUT2D eigenvalue weighted by molar-refractivity contribution is 5.94. The molecular weight excluding hydrogens is 395 g/mol. The number of halogens is 5. The molecular formula is C20H13F5N2O2. The van der Waals surface area contributed by atoms with Gasteiger partial charge in [0.1, 0.15) is 11.6 Å². The minimum absolute atomic E-state index is 0.00161. The first-order valence-corrected chi connectivity index (χ1v) is 8.27. The number of aromatic nitrogens is 1. The first kappa shape index (κ1) is 20.2. The topological polar surface area (TPSA) is 62.0 Å². The molecule has 0 unspecified atom stereocenters. The summed E-state index contributed by atoms with van der Waals surface area (Å²) < 4.78 is 67.1. The summed E-state index contributed by atoms with van der Waals surface area (Å²) in [5.74, 6) is -2.73. The number of H-pyrrole nitrogens is 1. The summed E-state index contributed by atoms with van der Waals surface area (Å²) in [7, 11) is 0. The maximum Gasteiger partial charge on any atom is 0.416 e. The SMILES string of the molecule is O=C(N[C@@H](c1ccc(C(F)(F)F)cc1)c1c(F)cccc1F)c1ccc(=O)[nH]c1. The van der Waals surface area contributed by atoms with Crippen molar-refractivity contribution in [2.24, 2.45) is 0 Å². The lowest BCUT2D eigenvalue weighted by Crippen LogP contribution is -2.31. The summed E-state index contributed by atoms with van der Waals surface area (Å²) in [4.78, 5) is 25.9. The van der Waals surface area contributed by atoms with Gasteiger partial charge in [0.05, 0.1) is 22.7 Å². The monoisotopic (exact) mass is 408 g/mol. The molecule has 2 N–H and O–H groups in total. The standard InChI is InChI=1S/C20H13F5N2O2/c21-14-2-1-3-15(22)17(14)18(11-4-7-13(8-5-11)20(23,24)25)27-19(29)12-6-9-16(28)26-10-12/h1-10,18H,(H,26,28)(H,27,29)/t18-/m0/s1. The number of pyridine rings is 1. The summed E-state index contributed by atoms with van der Waals surface area (Å²) in [6.45, 7) is 0. The van der Waals surface area contributed by atoms with Gasteiger partial charge in [-0.25, -0.2) is 8.78 Å². The van der Waals surface area contributed by atoms with E-state index >= 15 is 0 Å². The Hall–Kier alpha value is -3.49. The van der Waals surface area contributed by atoms with E-state index in [1.54, 1.807) is 0 Å². The molecule has 150 valence electrons. The van der Waals surface area contributed by atoms with Crippen molar-refractivity contribution in [3.05, 3.63) is 105 Å². The minimum Gasteiger partial charge on any atom is -0.341 e. The average Bonchev–Trinajstić information content (AvgIpc) is 2.67. The van der Waals surface area contributed by atoms with Crippen molar-refractivity contribution in [3.63, 3.8) is 0 Å². The van der Waals surface area contributed by atoms with E-state index in [1.807, 2.05) is 0 Å². The maximum atomic E-state index is 14.3. The molecule has 3 aromatic rings. The third kappa shape index (κ3) is 4.50. The number of carbonyl (C=O) groups is 1. The van der Waals surface area contributed by atoms with Crippen LogP contribution in [-0.2, 0) is 6.18 Å². The second-order valence-corrected chi connectivity index (χ2v) is 6.10. The Morgan fingerprint density at radius 3 is 2.07 bits per heavy atom. The lowest BCUT2D eigenvalue weighted by atomic mass is 9.96. The highest BCUT2D eigenvalue weighted by atomic mass is 19.4. The molecule has 0 aliphatic carbocycles. The predicted molar refractivity (Wildman–Crippen MR) is 94.2 cm³/mol. The fourth-order valence-electron chi connectivity index (χ4n) is 2.74. The van der Waals surface area contributed by atoms with Gasteiger partial charge in [-0.2, -0.15) is 13.2 Å². The Morgan fingerprint density at radius 1 is 0.931 bits per heavy atom. The van der Waals surface area contributed by atoms with Crippen LogP contribution in [0.3, 0.4) is 0 Å². The summed E-state index contributed by atoms with van der Waals surface area (Å²) in [6, 6.07) is 7.55. The van der Waals surface area contributed by atoms with Crippen LogP contribution in [0.5, 0.6) is 0 Å². The normalized spacial score (nSPS) is 12.4. The van der Waals surface area contributed by atoms with Gasteiger partial charge in [-0.15, -0.1) is 0 Å². The fraction of sp³-hybridized carbons (Fsp3) is 0.100. The molecule has 9 heteroatoms. The van der Waals surface area contributed by atoms with E-state index in [1.165, 1.54) is 6.07 Å². The van der Waals surface area contributed by atoms with Crippen molar-refractivity contribution in [1.82, 2.24) is 10.3 Å². The fourth-order valence-corrected chi connectivity index (χ4v) is 2.74. The van der Waals surface area contributed by atoms with Crippen LogP contribution in [0, 0.1) is 11.6 Å². The third-order valence-corrected chi connectivity index (χ3v) is 4.18. The Labute approximate surface area is 161 Å². The van der Waals surface area contributed by atoms with Crippen LogP contribution in [-0.4, -0.2) is 10.9 Å². The van der Waals surface area contributed by atoms with Crippen molar-refractivity contribution in [3.8, 4) is 0 Å². The maximum absolute atomic E-state index is 14.3. The summed E-state index contributed by atoms with van der Waals surface area (Å²) >= 11 is 0. The predicted octanol–water partition coefficient (Wildman–Crippen LogP) is 4.19. The highest BCUT2D eigenvalue weighted by Gasteiger charge is 2.31. The molecule has 0 spiro atoms. The van der Waals surface area contributed by atoms with Gasteiger partial charge < -0.3 is 10.3 Å². The molecule has 1 aromatic heterocycles. The molecule has 29 heavy (non-hydrogen) atoms. The number of carbonyl (C=O) groups excluding carboxylic acids is 1. The Morgan fingerprint density at radius 2 is 1.55 bits per heavy atom. The number of hydrogen-bond acceptors (Lipinski definition) is 2. The Balaban J connectivity index is 2.03. The molecule has 2 aromatic carbocycles. The van der Waals surface area contributed by atoms with Crippen molar-refractivity contribution < 1.29 is 26.7 Å². The molecule has 1 heterocycles. The first-order chi connectivity index (χ1) is 13.7. The summed E-state index contributed by atoms with van der Waals surface area (Å²) in [6.07, 6.45) is -3.48. The number of rotatable bonds is 4. The largest absolute Gasteiger partial charge is 0.416 e. The average molecular weight is 408 g/mol. The molecule has 1 atom stereocenters. The molecule has 0 saturated carbocycles. The number of aromatic amines is 1. The van der Waals surface area contributed by atoms with Crippen molar-refractivity contribution in [1.29, 1.82) is 0 Å². The van der Waals surface area contributed by atoms with E-state index in [-0.39, 0.29) is 11.1 Å². The van der Waals surface area contributed by atoms with Crippen molar-refractivity contribution in [2.75, 3.05) is 0 Å². The molecule has 3 rings (SSSR count). The third-order valence-electron chi connectivity index (χ3n) is 4.18. The molecule has 0 bridgehead atoms. The molecule has 0 fully saturated rings. The van der Waals surface area contributed by atoms with E-state index in [0.717, 1.165) is 54.7 Å². The molecule has 0 radical (unpaired) electrons. The molecule has 0 saturated heterocycles. The van der Waals surface area contributed by atoms with Crippen LogP contribution in [0.15, 0.2) is 65.6 Å². The molecule has 0 aliphatic rings. The number of benzene rings is 2. The van der Waals surface area contributed by atoms with Crippen LogP contribution in [0.25, 0.3) is 0 Å². The Bertz CT molecular complexity index is 1050. The van der Waals surface area contributed by atoms with E-state index < -0.39 is 46.4 Å². The number of hydrogen-bond donors (Lipinski definition) is 2. The lowest BCUT2D eigenvalue weighted by molar-refractivity contribution is -0.137. The van der Waals surface area contributed by atoms with E-state index in [0.29, 0.717) is 0 Å². The highest BCUT2D eigenvalue weighted by Crippen LogP contribution is 2.32. The number of alkyl halides is 3. The second-order valence-electron chi connectivity index (χ2n) is 6.10. The van der Waals surface area contributed by atoms with Crippen LogP contribution in [0.2, 0.25) is 0 Å². The van der Waals surface area contributed by atoms with Crippen LogP contribution < -0.4 is 10.9 Å². The number of nitrogens with one attached hydrogen (secondary N) is 2. The number of amides is 1. The van der Waals surface area contributed by atoms with Gasteiger partial charge in [0.2, 0.25) is 5.56 Å². The summed E-state index contributed by atoms with van der Waals surface area (Å²) in [5.41, 5.74) is -1.88. The van der Waals surface area contributed by atoms with Gasteiger partial charge in [-0.3, -0.25) is 9.59 Å². The van der Waals surface area contributed by atoms with E-state index in [4.69, 9.17) is 0 Å². The van der Waals surface area contributed by atoms with Gasteiger partial charge in [0.15, 0.2) is 0 Å². The summed E-state index contributed by atoms with van der Waals surface area (Å²) in [5, 5.41) is 2.40. The zero-order chi connectivity index (χ0) is 21.2. The molecule has 0 aliphatic heterocycles. The zero-order valence-electron chi connectivity index (χ0n) is 14.6. The minimum atomic E-state index is -4.59. The van der Waals surface area contributed by atoms with E-state index in [9.17, 15) is 31.5 Å². The molecule has 4 nitrogen and oxygen atoms in total. The second kappa shape index (κ2) is 7.86. The van der Waals surface area contributed by atoms with Gasteiger partial charge in [0.25, 0.3) is 5.91 Å². The smallest absolute Gasteiger partial charge is 0.341 e. The van der Waals surface area contributed by atoms with Crippen molar-refractivity contribution in [2.45, 2.75) is 12.2 Å². The van der Waals surface area contributed by atoms with Crippen LogP contribution >= 0.6 is 0 Å². The van der Waals surface area contributed by atoms with Gasteiger partial charge in [0, 0.05) is 12.3 Å². The van der Waals surface area contributed by atoms with Gasteiger partial charge in [-0.05, 0) is 35.9 Å². The van der Waals surface area contributed by atoms with E-state index in [2.05, 4.69) is 10.3 Å².